The molecular formula is C28H37F3N2O. The number of aryl methyl sites for hydroxylation is 1. The first kappa shape index (κ1) is 24.9. The molecule has 1 heterocycles. The van der Waals surface area contributed by atoms with Gasteiger partial charge in [-0.05, 0) is 73.2 Å². The van der Waals surface area contributed by atoms with Crippen LogP contribution in [0.25, 0.3) is 0 Å². The second kappa shape index (κ2) is 11.0. The molecule has 2 aromatic rings. The fourth-order valence-corrected chi connectivity index (χ4v) is 5.42. The van der Waals surface area contributed by atoms with E-state index in [1.807, 2.05) is 0 Å². The topological polar surface area (TPSA) is 24.5 Å². The van der Waals surface area contributed by atoms with E-state index >= 15 is 0 Å². The van der Waals surface area contributed by atoms with Gasteiger partial charge in [-0.15, -0.1) is 0 Å². The Morgan fingerprint density at radius 3 is 2.26 bits per heavy atom. The summed E-state index contributed by atoms with van der Waals surface area (Å²) < 4.78 is 44.8. The Labute approximate surface area is 201 Å². The van der Waals surface area contributed by atoms with Crippen molar-refractivity contribution < 1.29 is 17.9 Å². The van der Waals surface area contributed by atoms with E-state index in [4.69, 9.17) is 4.74 Å². The number of benzene rings is 2. The zero-order chi connectivity index (χ0) is 24.1. The zero-order valence-corrected chi connectivity index (χ0v) is 20.3. The molecule has 0 radical (unpaired) electrons. The lowest BCUT2D eigenvalue weighted by molar-refractivity contribution is -0.137. The molecule has 6 heteroatoms. The Morgan fingerprint density at radius 1 is 0.971 bits per heavy atom. The van der Waals surface area contributed by atoms with Crippen LogP contribution in [0, 0.1) is 0 Å². The second-order valence-electron chi connectivity index (χ2n) is 9.74. The van der Waals surface area contributed by atoms with Crippen LogP contribution in [0.15, 0.2) is 42.5 Å². The zero-order valence-electron chi connectivity index (χ0n) is 20.3. The molecule has 1 saturated heterocycles. The minimum atomic E-state index is -4.29. The van der Waals surface area contributed by atoms with Crippen molar-refractivity contribution in [2.75, 3.05) is 18.0 Å². The average Bonchev–Trinajstić information content (AvgIpc) is 3.21. The molecule has 186 valence electrons. The molecule has 1 aliphatic heterocycles. The molecule has 0 bridgehead atoms. The summed E-state index contributed by atoms with van der Waals surface area (Å²) in [7, 11) is 0. The summed E-state index contributed by atoms with van der Waals surface area (Å²) >= 11 is 0. The van der Waals surface area contributed by atoms with Gasteiger partial charge < -0.3 is 15.0 Å². The number of anilines is 1. The summed E-state index contributed by atoms with van der Waals surface area (Å²) in [6.07, 6.45) is 4.67. The SMILES string of the molecule is CCCC(CCC)NC1CCc2cc(OC3CCN(c4ccc(C(F)(F)F)cc4)CC3)ccc21. The molecule has 1 aliphatic carbocycles. The number of ether oxygens (including phenoxy) is 1. The highest BCUT2D eigenvalue weighted by molar-refractivity contribution is 5.48. The van der Waals surface area contributed by atoms with Crippen molar-refractivity contribution in [2.24, 2.45) is 0 Å². The average molecular weight is 475 g/mol. The van der Waals surface area contributed by atoms with E-state index in [-0.39, 0.29) is 6.10 Å². The Morgan fingerprint density at radius 2 is 1.65 bits per heavy atom. The molecule has 1 fully saturated rings. The van der Waals surface area contributed by atoms with Gasteiger partial charge in [0.05, 0.1) is 5.56 Å². The molecule has 0 spiro atoms. The molecular weight excluding hydrogens is 437 g/mol. The van der Waals surface area contributed by atoms with Gasteiger partial charge in [-0.3, -0.25) is 0 Å². The van der Waals surface area contributed by atoms with Crippen molar-refractivity contribution in [3.63, 3.8) is 0 Å². The molecule has 3 nitrogen and oxygen atoms in total. The fraction of sp³-hybridized carbons (Fsp3) is 0.571. The van der Waals surface area contributed by atoms with Gasteiger partial charge >= 0.3 is 6.18 Å². The van der Waals surface area contributed by atoms with Gasteiger partial charge in [-0.1, -0.05) is 32.8 Å². The molecule has 0 saturated carbocycles. The Kier molecular flexibility index (Phi) is 8.07. The molecule has 4 rings (SSSR count). The maximum atomic E-state index is 12.8. The summed E-state index contributed by atoms with van der Waals surface area (Å²) in [4.78, 5) is 2.14. The number of fused-ring (bicyclic) bond motifs is 1. The van der Waals surface area contributed by atoms with Crippen molar-refractivity contribution in [2.45, 2.75) is 89.6 Å². The molecule has 1 N–H and O–H groups in total. The number of halogens is 3. The predicted octanol–water partition coefficient (Wildman–Crippen LogP) is 7.30. The van der Waals surface area contributed by atoms with Crippen molar-refractivity contribution in [3.8, 4) is 5.75 Å². The number of nitrogens with one attached hydrogen (secondary N) is 1. The van der Waals surface area contributed by atoms with Crippen LogP contribution in [0.1, 0.15) is 81.5 Å². The second-order valence-corrected chi connectivity index (χ2v) is 9.74. The standard InChI is InChI=1S/C28H37F3N2O/c1-3-5-22(6-4-2)32-27-14-7-20-19-25(12-13-26(20)27)34-24-15-17-33(18-16-24)23-10-8-21(9-11-23)28(29,30)31/h8-13,19,22,24,27,32H,3-7,14-18H2,1-2H3. The van der Waals surface area contributed by atoms with Crippen LogP contribution in [-0.4, -0.2) is 25.2 Å². The molecule has 1 unspecified atom stereocenters. The maximum Gasteiger partial charge on any atom is 0.416 e. The minimum absolute atomic E-state index is 0.137. The number of piperidine rings is 1. The van der Waals surface area contributed by atoms with E-state index in [1.54, 1.807) is 12.1 Å². The van der Waals surface area contributed by atoms with E-state index in [0.717, 1.165) is 62.3 Å². The Balaban J connectivity index is 1.30. The van der Waals surface area contributed by atoms with Gasteiger partial charge in [0.2, 0.25) is 0 Å². The first-order chi connectivity index (χ1) is 16.4. The number of rotatable bonds is 9. The maximum absolute atomic E-state index is 12.8. The van der Waals surface area contributed by atoms with Gasteiger partial charge in [0.15, 0.2) is 0 Å². The lowest BCUT2D eigenvalue weighted by Gasteiger charge is -2.34. The lowest BCUT2D eigenvalue weighted by atomic mass is 10.0. The number of hydrogen-bond donors (Lipinski definition) is 1. The summed E-state index contributed by atoms with van der Waals surface area (Å²) in [5.74, 6) is 0.936. The van der Waals surface area contributed by atoms with Crippen LogP contribution < -0.4 is 15.0 Å². The van der Waals surface area contributed by atoms with Crippen LogP contribution >= 0.6 is 0 Å². The van der Waals surface area contributed by atoms with Crippen LogP contribution in [0.5, 0.6) is 5.75 Å². The third-order valence-electron chi connectivity index (χ3n) is 7.21. The van der Waals surface area contributed by atoms with E-state index < -0.39 is 11.7 Å². The molecule has 2 aliphatic rings. The monoisotopic (exact) mass is 474 g/mol. The predicted molar refractivity (Wildman–Crippen MR) is 132 cm³/mol. The third-order valence-corrected chi connectivity index (χ3v) is 7.21. The Hall–Kier alpha value is -2.21. The molecule has 2 aromatic carbocycles. The van der Waals surface area contributed by atoms with Gasteiger partial charge in [0.1, 0.15) is 11.9 Å². The third kappa shape index (κ3) is 6.07. The van der Waals surface area contributed by atoms with Gasteiger partial charge in [-0.2, -0.15) is 13.2 Å². The highest BCUT2D eigenvalue weighted by atomic mass is 19.4. The summed E-state index contributed by atoms with van der Waals surface area (Å²) in [5, 5.41) is 3.90. The minimum Gasteiger partial charge on any atom is -0.490 e. The highest BCUT2D eigenvalue weighted by Gasteiger charge is 2.30. The summed E-state index contributed by atoms with van der Waals surface area (Å²) in [5.41, 5.74) is 3.05. The highest BCUT2D eigenvalue weighted by Crippen LogP contribution is 2.35. The number of nitrogens with zero attached hydrogens (tertiary/aromatic N) is 1. The summed E-state index contributed by atoms with van der Waals surface area (Å²) in [6.45, 7) is 6.07. The fourth-order valence-electron chi connectivity index (χ4n) is 5.42. The van der Waals surface area contributed by atoms with Crippen molar-refractivity contribution >= 4 is 5.69 Å². The van der Waals surface area contributed by atoms with Crippen molar-refractivity contribution in [3.05, 3.63) is 59.2 Å². The van der Waals surface area contributed by atoms with Crippen LogP contribution in [0.4, 0.5) is 18.9 Å². The van der Waals surface area contributed by atoms with Crippen LogP contribution in [0.3, 0.4) is 0 Å². The Bertz CT molecular complexity index is 914. The van der Waals surface area contributed by atoms with Crippen LogP contribution in [0.2, 0.25) is 0 Å². The molecule has 0 aromatic heterocycles. The molecule has 34 heavy (non-hydrogen) atoms. The van der Waals surface area contributed by atoms with E-state index in [2.05, 4.69) is 42.3 Å². The first-order valence-corrected chi connectivity index (χ1v) is 12.8. The molecule has 0 amide bonds. The van der Waals surface area contributed by atoms with E-state index in [0.29, 0.717) is 12.1 Å². The summed E-state index contributed by atoms with van der Waals surface area (Å²) in [6, 6.07) is 13.1. The largest absolute Gasteiger partial charge is 0.490 e. The van der Waals surface area contributed by atoms with E-state index in [1.165, 1.54) is 36.8 Å². The normalized spacial score (nSPS) is 19.0. The van der Waals surface area contributed by atoms with Crippen LogP contribution in [-0.2, 0) is 12.6 Å². The van der Waals surface area contributed by atoms with E-state index in [9.17, 15) is 13.2 Å². The first-order valence-electron chi connectivity index (χ1n) is 12.8. The number of hydrogen-bond acceptors (Lipinski definition) is 3. The lowest BCUT2D eigenvalue weighted by Crippen LogP contribution is -2.38. The van der Waals surface area contributed by atoms with Gasteiger partial charge in [0, 0.05) is 43.7 Å². The smallest absolute Gasteiger partial charge is 0.416 e. The molecule has 1 atom stereocenters. The quantitative estimate of drug-likeness (QED) is 0.413. The van der Waals surface area contributed by atoms with Gasteiger partial charge in [0.25, 0.3) is 0 Å². The number of alkyl halides is 3. The van der Waals surface area contributed by atoms with Crippen molar-refractivity contribution in [1.82, 2.24) is 5.32 Å². The van der Waals surface area contributed by atoms with Crippen molar-refractivity contribution in [1.29, 1.82) is 0 Å². The van der Waals surface area contributed by atoms with Gasteiger partial charge in [-0.25, -0.2) is 0 Å².